The smallest absolute Gasteiger partial charge is 0.339 e. The third-order valence-electron chi connectivity index (χ3n) is 6.44. The number of nitrogens with one attached hydrogen (secondary N) is 1. The number of hydrogen-bond acceptors (Lipinski definition) is 6. The van der Waals surface area contributed by atoms with E-state index in [-0.39, 0.29) is 6.42 Å². The summed E-state index contributed by atoms with van der Waals surface area (Å²) in [4.78, 5) is 27.3. The molecule has 1 atom stereocenters. The minimum atomic E-state index is -0.624. The van der Waals surface area contributed by atoms with E-state index in [9.17, 15) is 14.8 Å². The van der Waals surface area contributed by atoms with Gasteiger partial charge in [-0.1, -0.05) is 30.2 Å². The summed E-state index contributed by atoms with van der Waals surface area (Å²) >= 11 is 0. The molecule has 1 unspecified atom stereocenters. The lowest BCUT2D eigenvalue weighted by atomic mass is 9.92. The lowest BCUT2D eigenvalue weighted by Gasteiger charge is -2.26. The number of hydroxylamine groups is 1. The minimum Gasteiger partial charge on any atom is -0.492 e. The number of amides is 1. The summed E-state index contributed by atoms with van der Waals surface area (Å²) in [6.45, 7) is 5.82. The van der Waals surface area contributed by atoms with Crippen LogP contribution in [0.15, 0.2) is 57.7 Å². The van der Waals surface area contributed by atoms with Crippen molar-refractivity contribution in [1.82, 2.24) is 10.4 Å². The predicted molar refractivity (Wildman–Crippen MR) is 130 cm³/mol. The normalized spacial score (nSPS) is 15.2. The Labute approximate surface area is 199 Å². The Kier molecular flexibility index (Phi) is 7.98. The van der Waals surface area contributed by atoms with Crippen molar-refractivity contribution in [3.8, 4) is 5.75 Å². The molecule has 7 heteroatoms. The van der Waals surface area contributed by atoms with Crippen LogP contribution in [0.5, 0.6) is 5.75 Å². The van der Waals surface area contributed by atoms with Crippen LogP contribution in [0.3, 0.4) is 0 Å². The van der Waals surface area contributed by atoms with Crippen molar-refractivity contribution in [2.24, 2.45) is 5.92 Å². The van der Waals surface area contributed by atoms with Gasteiger partial charge in [0, 0.05) is 23.4 Å². The van der Waals surface area contributed by atoms with Crippen LogP contribution >= 0.6 is 0 Å². The van der Waals surface area contributed by atoms with E-state index >= 15 is 0 Å². The molecule has 3 aromatic rings. The maximum atomic E-state index is 12.5. The van der Waals surface area contributed by atoms with Gasteiger partial charge in [-0.15, -0.1) is 0 Å². The fraction of sp³-hybridized carbons (Fsp3) is 0.407. The van der Waals surface area contributed by atoms with Gasteiger partial charge in [0.05, 0.1) is 0 Å². The highest BCUT2D eigenvalue weighted by atomic mass is 16.5. The summed E-state index contributed by atoms with van der Waals surface area (Å²) in [6, 6.07) is 15.0. The number of benzene rings is 2. The van der Waals surface area contributed by atoms with Gasteiger partial charge < -0.3 is 9.15 Å². The summed E-state index contributed by atoms with van der Waals surface area (Å²) in [6.07, 6.45) is 4.37. The van der Waals surface area contributed by atoms with Crippen molar-refractivity contribution in [1.29, 1.82) is 0 Å². The van der Waals surface area contributed by atoms with E-state index in [1.54, 1.807) is 17.6 Å². The number of carbonyl (C=O) groups is 1. The molecular weight excluding hydrogens is 432 g/mol. The van der Waals surface area contributed by atoms with Crippen LogP contribution in [0.2, 0.25) is 0 Å². The second kappa shape index (κ2) is 11.3. The molecule has 1 saturated heterocycles. The average molecular weight is 465 g/mol. The number of nitrogens with zero attached hydrogens (tertiary/aromatic N) is 1. The van der Waals surface area contributed by atoms with Gasteiger partial charge >= 0.3 is 5.63 Å². The van der Waals surface area contributed by atoms with E-state index in [0.717, 1.165) is 41.9 Å². The number of piperidine rings is 1. The van der Waals surface area contributed by atoms with Gasteiger partial charge in [0.15, 0.2) is 0 Å². The number of carbonyl (C=O) groups excluding carboxylic acids is 1. The van der Waals surface area contributed by atoms with Gasteiger partial charge in [0.1, 0.15) is 17.9 Å². The van der Waals surface area contributed by atoms with Crippen LogP contribution < -0.4 is 15.8 Å². The first-order valence-corrected chi connectivity index (χ1v) is 11.9. The highest BCUT2D eigenvalue weighted by Gasteiger charge is 2.22. The van der Waals surface area contributed by atoms with Gasteiger partial charge in [-0.2, -0.15) is 0 Å². The Morgan fingerprint density at radius 2 is 1.85 bits per heavy atom. The van der Waals surface area contributed by atoms with Crippen molar-refractivity contribution < 1.29 is 19.2 Å². The topological polar surface area (TPSA) is 92.0 Å². The Balaban J connectivity index is 1.40. The molecule has 34 heavy (non-hydrogen) atoms. The second-order valence-corrected chi connectivity index (χ2v) is 9.08. The van der Waals surface area contributed by atoms with Crippen LogP contribution in [0.1, 0.15) is 36.0 Å². The molecule has 1 aliphatic rings. The monoisotopic (exact) mass is 464 g/mol. The van der Waals surface area contributed by atoms with E-state index in [2.05, 4.69) is 4.90 Å². The molecule has 1 fully saturated rings. The SMILES string of the molecule is Cc1ccc2oc(=O)c(CC(Cc3ccc(OCCN4CCCCC4)cc3)C(=O)NO)cc2c1. The Morgan fingerprint density at radius 3 is 2.59 bits per heavy atom. The van der Waals surface area contributed by atoms with Crippen LogP contribution in [-0.2, 0) is 17.6 Å². The minimum absolute atomic E-state index is 0.159. The lowest BCUT2D eigenvalue weighted by molar-refractivity contribution is -0.133. The van der Waals surface area contributed by atoms with Crippen LogP contribution in [0.4, 0.5) is 0 Å². The predicted octanol–water partition coefficient (Wildman–Crippen LogP) is 3.87. The van der Waals surface area contributed by atoms with Crippen molar-refractivity contribution in [3.63, 3.8) is 0 Å². The molecule has 1 amide bonds. The first-order valence-electron chi connectivity index (χ1n) is 11.9. The number of aryl methyl sites for hydroxylation is 1. The Bertz CT molecular complexity index is 1170. The van der Waals surface area contributed by atoms with Gasteiger partial charge in [-0.25, -0.2) is 10.3 Å². The number of fused-ring (bicyclic) bond motifs is 1. The molecule has 180 valence electrons. The Hall–Kier alpha value is -3.16. The summed E-state index contributed by atoms with van der Waals surface area (Å²) in [7, 11) is 0. The Morgan fingerprint density at radius 1 is 1.09 bits per heavy atom. The largest absolute Gasteiger partial charge is 0.492 e. The molecule has 0 bridgehead atoms. The molecule has 0 aliphatic carbocycles. The molecule has 0 spiro atoms. The van der Waals surface area contributed by atoms with Gasteiger partial charge in [0.25, 0.3) is 0 Å². The van der Waals surface area contributed by atoms with Gasteiger partial charge in [-0.05, 0) is 81.6 Å². The fourth-order valence-corrected chi connectivity index (χ4v) is 4.52. The standard InChI is InChI=1S/C27H32N2O5/c1-19-5-10-25-21(15-19)17-23(27(31)34-25)18-22(26(30)28-32)16-20-6-8-24(9-7-20)33-14-13-29-11-3-2-4-12-29/h5-10,15,17,22,32H,2-4,11-14,16,18H2,1H3,(H,28,30). The zero-order valence-electron chi connectivity index (χ0n) is 19.6. The highest BCUT2D eigenvalue weighted by molar-refractivity contribution is 5.79. The average Bonchev–Trinajstić information content (AvgIpc) is 2.85. The van der Waals surface area contributed by atoms with Crippen molar-refractivity contribution >= 4 is 16.9 Å². The van der Waals surface area contributed by atoms with E-state index in [1.165, 1.54) is 19.3 Å². The molecule has 7 nitrogen and oxygen atoms in total. The highest BCUT2D eigenvalue weighted by Crippen LogP contribution is 2.20. The molecule has 1 aliphatic heterocycles. The number of likely N-dealkylation sites (tertiary alicyclic amines) is 1. The number of hydrogen-bond donors (Lipinski definition) is 2. The van der Waals surface area contributed by atoms with Gasteiger partial charge in [-0.3, -0.25) is 14.9 Å². The zero-order chi connectivity index (χ0) is 23.9. The molecular formula is C27H32N2O5. The summed E-state index contributed by atoms with van der Waals surface area (Å²) in [5.74, 6) is -0.374. The number of ether oxygens (including phenoxy) is 1. The van der Waals surface area contributed by atoms with Gasteiger partial charge in [0.2, 0.25) is 5.91 Å². The maximum absolute atomic E-state index is 12.5. The first-order chi connectivity index (χ1) is 16.5. The van der Waals surface area contributed by atoms with Crippen molar-refractivity contribution in [3.05, 3.63) is 75.6 Å². The molecule has 4 rings (SSSR count). The molecule has 0 radical (unpaired) electrons. The van der Waals surface area contributed by atoms with Crippen LogP contribution in [0.25, 0.3) is 11.0 Å². The lowest BCUT2D eigenvalue weighted by Crippen LogP contribution is -2.33. The molecule has 2 N–H and O–H groups in total. The van der Waals surface area contributed by atoms with E-state index < -0.39 is 17.5 Å². The zero-order valence-corrected chi connectivity index (χ0v) is 19.6. The second-order valence-electron chi connectivity index (χ2n) is 9.08. The summed E-state index contributed by atoms with van der Waals surface area (Å²) in [5, 5.41) is 10.1. The third-order valence-corrected chi connectivity index (χ3v) is 6.44. The molecule has 0 saturated carbocycles. The summed E-state index contributed by atoms with van der Waals surface area (Å²) in [5.41, 5.74) is 4.16. The molecule has 2 heterocycles. The maximum Gasteiger partial charge on any atom is 0.339 e. The molecule has 2 aromatic carbocycles. The van der Waals surface area contributed by atoms with Crippen molar-refractivity contribution in [2.75, 3.05) is 26.2 Å². The summed E-state index contributed by atoms with van der Waals surface area (Å²) < 4.78 is 11.3. The first kappa shape index (κ1) is 24.0. The van der Waals surface area contributed by atoms with Crippen LogP contribution in [0, 0.1) is 12.8 Å². The van der Waals surface area contributed by atoms with Crippen molar-refractivity contribution in [2.45, 2.75) is 39.0 Å². The van der Waals surface area contributed by atoms with E-state index in [4.69, 9.17) is 9.15 Å². The van der Waals surface area contributed by atoms with E-state index in [0.29, 0.717) is 24.2 Å². The third kappa shape index (κ3) is 6.24. The van der Waals surface area contributed by atoms with E-state index in [1.807, 2.05) is 43.3 Å². The van der Waals surface area contributed by atoms with Crippen LogP contribution in [-0.4, -0.2) is 42.3 Å². The fourth-order valence-electron chi connectivity index (χ4n) is 4.52. The molecule has 1 aromatic heterocycles. The number of rotatable bonds is 9. The quantitative estimate of drug-likeness (QED) is 0.284.